The normalized spacial score (nSPS) is 12.4. The standard InChI is InChI=1S/C12H13ClN2OS/c1-14-12(10-3-4-11(13)17-10)8-5-9(16-2)7-15-6-8/h3-7,12,14H,1-2H3. The number of nitrogens with one attached hydrogen (secondary N) is 1. The predicted octanol–water partition coefficient (Wildman–Crippen LogP) is 3.11. The molecule has 0 aromatic carbocycles. The first-order valence-corrected chi connectivity index (χ1v) is 6.35. The molecule has 0 amide bonds. The van der Waals surface area contributed by atoms with Gasteiger partial charge in [-0.2, -0.15) is 0 Å². The number of halogens is 1. The second kappa shape index (κ2) is 5.49. The van der Waals surface area contributed by atoms with E-state index >= 15 is 0 Å². The van der Waals surface area contributed by atoms with Crippen molar-refractivity contribution >= 4 is 22.9 Å². The van der Waals surface area contributed by atoms with Crippen molar-refractivity contribution in [3.05, 3.63) is 45.4 Å². The maximum atomic E-state index is 5.96. The summed E-state index contributed by atoms with van der Waals surface area (Å²) in [5.41, 5.74) is 1.06. The van der Waals surface area contributed by atoms with Crippen molar-refractivity contribution in [2.75, 3.05) is 14.2 Å². The van der Waals surface area contributed by atoms with Crippen LogP contribution in [0.15, 0.2) is 30.6 Å². The van der Waals surface area contributed by atoms with E-state index in [4.69, 9.17) is 16.3 Å². The molecule has 2 heterocycles. The minimum Gasteiger partial charge on any atom is -0.495 e. The van der Waals surface area contributed by atoms with Crippen LogP contribution in [0.5, 0.6) is 5.75 Å². The molecule has 2 aromatic rings. The molecule has 2 aromatic heterocycles. The van der Waals surface area contributed by atoms with Crippen molar-refractivity contribution in [3.63, 3.8) is 0 Å². The van der Waals surface area contributed by atoms with E-state index in [0.717, 1.165) is 20.5 Å². The summed E-state index contributed by atoms with van der Waals surface area (Å²) < 4.78 is 5.97. The summed E-state index contributed by atoms with van der Waals surface area (Å²) in [6.07, 6.45) is 3.52. The average Bonchev–Trinajstić information content (AvgIpc) is 2.77. The molecule has 0 aliphatic rings. The van der Waals surface area contributed by atoms with E-state index in [1.807, 2.05) is 31.4 Å². The summed E-state index contributed by atoms with van der Waals surface area (Å²) in [4.78, 5) is 5.32. The Balaban J connectivity index is 2.34. The molecular formula is C12H13ClN2OS. The molecule has 5 heteroatoms. The van der Waals surface area contributed by atoms with Gasteiger partial charge < -0.3 is 10.1 Å². The summed E-state index contributed by atoms with van der Waals surface area (Å²) in [6, 6.07) is 5.99. The highest BCUT2D eigenvalue weighted by atomic mass is 35.5. The van der Waals surface area contributed by atoms with E-state index in [1.54, 1.807) is 24.6 Å². The highest BCUT2D eigenvalue weighted by molar-refractivity contribution is 7.16. The van der Waals surface area contributed by atoms with Crippen molar-refractivity contribution in [2.24, 2.45) is 0 Å². The van der Waals surface area contributed by atoms with Gasteiger partial charge >= 0.3 is 0 Å². The fraction of sp³-hybridized carbons (Fsp3) is 0.250. The van der Waals surface area contributed by atoms with Crippen LogP contribution in [0, 0.1) is 0 Å². The highest BCUT2D eigenvalue weighted by Gasteiger charge is 2.15. The monoisotopic (exact) mass is 268 g/mol. The Kier molecular flexibility index (Phi) is 3.99. The molecule has 1 N–H and O–H groups in total. The molecule has 2 rings (SSSR count). The van der Waals surface area contributed by atoms with Gasteiger partial charge in [-0.3, -0.25) is 4.98 Å². The molecule has 90 valence electrons. The second-order valence-corrected chi connectivity index (χ2v) is 5.27. The van der Waals surface area contributed by atoms with Gasteiger partial charge in [-0.25, -0.2) is 0 Å². The number of pyridine rings is 1. The van der Waals surface area contributed by atoms with Crippen LogP contribution in [-0.4, -0.2) is 19.1 Å². The quantitative estimate of drug-likeness (QED) is 0.925. The highest BCUT2D eigenvalue weighted by Crippen LogP contribution is 2.31. The molecule has 0 fully saturated rings. The van der Waals surface area contributed by atoms with E-state index in [1.165, 1.54) is 0 Å². The van der Waals surface area contributed by atoms with Gasteiger partial charge in [0, 0.05) is 11.1 Å². The van der Waals surface area contributed by atoms with E-state index in [9.17, 15) is 0 Å². The third-order valence-electron chi connectivity index (χ3n) is 2.47. The van der Waals surface area contributed by atoms with Gasteiger partial charge in [0.25, 0.3) is 0 Å². The fourth-order valence-electron chi connectivity index (χ4n) is 1.66. The number of hydrogen-bond acceptors (Lipinski definition) is 4. The smallest absolute Gasteiger partial charge is 0.137 e. The van der Waals surface area contributed by atoms with Crippen molar-refractivity contribution in [1.29, 1.82) is 0 Å². The first-order valence-electron chi connectivity index (χ1n) is 5.16. The first-order chi connectivity index (χ1) is 8.24. The number of ether oxygens (including phenoxy) is 1. The number of nitrogens with zero attached hydrogens (tertiary/aromatic N) is 1. The molecule has 0 radical (unpaired) electrons. The van der Waals surface area contributed by atoms with E-state index in [2.05, 4.69) is 10.3 Å². The number of hydrogen-bond donors (Lipinski definition) is 1. The minimum atomic E-state index is 0.0927. The Labute approximate surface area is 109 Å². The SMILES string of the molecule is CNC(c1cncc(OC)c1)c1ccc(Cl)s1. The first kappa shape index (κ1) is 12.4. The maximum Gasteiger partial charge on any atom is 0.137 e. The zero-order valence-corrected chi connectivity index (χ0v) is 11.2. The topological polar surface area (TPSA) is 34.2 Å². The van der Waals surface area contributed by atoms with Crippen LogP contribution in [0.25, 0.3) is 0 Å². The molecule has 0 bridgehead atoms. The summed E-state index contributed by atoms with van der Waals surface area (Å²) >= 11 is 7.52. The molecule has 1 atom stereocenters. The summed E-state index contributed by atoms with van der Waals surface area (Å²) in [5, 5.41) is 3.26. The maximum absolute atomic E-state index is 5.96. The van der Waals surface area contributed by atoms with Gasteiger partial charge in [0.1, 0.15) is 5.75 Å². The largest absolute Gasteiger partial charge is 0.495 e. The third-order valence-corrected chi connectivity index (χ3v) is 3.77. The number of aromatic nitrogens is 1. The molecule has 17 heavy (non-hydrogen) atoms. The fourth-order valence-corrected chi connectivity index (χ4v) is 2.86. The summed E-state index contributed by atoms with van der Waals surface area (Å²) in [5.74, 6) is 0.755. The molecule has 3 nitrogen and oxygen atoms in total. The van der Waals surface area contributed by atoms with Crippen LogP contribution in [0.1, 0.15) is 16.5 Å². The van der Waals surface area contributed by atoms with Gasteiger partial charge in [0.05, 0.1) is 23.7 Å². The van der Waals surface area contributed by atoms with Gasteiger partial charge in [0.2, 0.25) is 0 Å². The lowest BCUT2D eigenvalue weighted by Crippen LogP contribution is -2.16. The number of thiophene rings is 1. The van der Waals surface area contributed by atoms with Gasteiger partial charge in [0.15, 0.2) is 0 Å². The Morgan fingerprint density at radius 3 is 2.82 bits per heavy atom. The van der Waals surface area contributed by atoms with Crippen LogP contribution in [0.2, 0.25) is 4.34 Å². The average molecular weight is 269 g/mol. The summed E-state index contributed by atoms with van der Waals surface area (Å²) in [7, 11) is 3.55. The van der Waals surface area contributed by atoms with Crippen molar-refractivity contribution in [3.8, 4) is 5.75 Å². The molecule has 0 spiro atoms. The van der Waals surface area contributed by atoms with Crippen LogP contribution < -0.4 is 10.1 Å². The van der Waals surface area contributed by atoms with Gasteiger partial charge in [-0.15, -0.1) is 11.3 Å². The molecule has 0 aliphatic heterocycles. The lowest BCUT2D eigenvalue weighted by molar-refractivity contribution is 0.411. The number of rotatable bonds is 4. The van der Waals surface area contributed by atoms with Crippen LogP contribution in [0.3, 0.4) is 0 Å². The van der Waals surface area contributed by atoms with Crippen LogP contribution >= 0.6 is 22.9 Å². The van der Waals surface area contributed by atoms with Crippen molar-refractivity contribution in [1.82, 2.24) is 10.3 Å². The van der Waals surface area contributed by atoms with Crippen molar-refractivity contribution in [2.45, 2.75) is 6.04 Å². The van der Waals surface area contributed by atoms with Crippen LogP contribution in [-0.2, 0) is 0 Å². The summed E-state index contributed by atoms with van der Waals surface area (Å²) in [6.45, 7) is 0. The molecule has 1 unspecified atom stereocenters. The zero-order chi connectivity index (χ0) is 12.3. The van der Waals surface area contributed by atoms with E-state index in [-0.39, 0.29) is 6.04 Å². The molecular weight excluding hydrogens is 256 g/mol. The minimum absolute atomic E-state index is 0.0927. The Morgan fingerprint density at radius 2 is 2.24 bits per heavy atom. The Hall–Kier alpha value is -1.10. The van der Waals surface area contributed by atoms with E-state index in [0.29, 0.717) is 0 Å². The Morgan fingerprint density at radius 1 is 1.41 bits per heavy atom. The van der Waals surface area contributed by atoms with Crippen molar-refractivity contribution < 1.29 is 4.74 Å². The van der Waals surface area contributed by atoms with Gasteiger partial charge in [-0.1, -0.05) is 11.6 Å². The Bertz CT molecular complexity index is 501. The molecule has 0 saturated heterocycles. The second-order valence-electron chi connectivity index (χ2n) is 3.52. The zero-order valence-electron chi connectivity index (χ0n) is 9.61. The van der Waals surface area contributed by atoms with Gasteiger partial charge in [-0.05, 0) is 30.8 Å². The van der Waals surface area contributed by atoms with Crippen LogP contribution in [0.4, 0.5) is 0 Å². The molecule has 0 aliphatic carbocycles. The van der Waals surface area contributed by atoms with E-state index < -0.39 is 0 Å². The third kappa shape index (κ3) is 2.77. The number of methoxy groups -OCH3 is 1. The lowest BCUT2D eigenvalue weighted by atomic mass is 10.1. The predicted molar refractivity (Wildman–Crippen MR) is 71.0 cm³/mol. The lowest BCUT2D eigenvalue weighted by Gasteiger charge is -2.15. The molecule has 0 saturated carbocycles.